The van der Waals surface area contributed by atoms with E-state index in [1.165, 1.54) is 12.7 Å². The van der Waals surface area contributed by atoms with E-state index >= 15 is 0 Å². The van der Waals surface area contributed by atoms with Gasteiger partial charge in [-0.1, -0.05) is 17.2 Å². The van der Waals surface area contributed by atoms with Gasteiger partial charge in [-0.2, -0.15) is 0 Å². The van der Waals surface area contributed by atoms with Crippen LogP contribution >= 0.6 is 22.6 Å². The summed E-state index contributed by atoms with van der Waals surface area (Å²) in [6.45, 7) is 0.284. The minimum Gasteiger partial charge on any atom is -0.394 e. The first-order valence-electron chi connectivity index (χ1n) is 9.23. The highest BCUT2D eigenvalue weighted by Gasteiger charge is 2.44. The smallest absolute Gasteiger partial charge is 0.167 e. The summed E-state index contributed by atoms with van der Waals surface area (Å²) in [5.74, 6) is 0.0303. The van der Waals surface area contributed by atoms with E-state index in [0.717, 1.165) is 9.13 Å². The van der Waals surface area contributed by atoms with Crippen molar-refractivity contribution in [2.24, 2.45) is 11.0 Å². The summed E-state index contributed by atoms with van der Waals surface area (Å²) in [7, 11) is 0. The van der Waals surface area contributed by atoms with E-state index < -0.39 is 24.4 Å². The number of halogens is 1. The second kappa shape index (κ2) is 9.10. The third-order valence-electron chi connectivity index (χ3n) is 5.04. The molecule has 1 saturated heterocycles. The number of rotatable bonds is 7. The molecular weight excluding hydrogens is 503 g/mol. The summed E-state index contributed by atoms with van der Waals surface area (Å²) >= 11 is 2.26. The van der Waals surface area contributed by atoms with E-state index in [1.54, 1.807) is 4.57 Å². The molecule has 0 saturated carbocycles. The lowest BCUT2D eigenvalue weighted by molar-refractivity contribution is -0.0492. The maximum atomic E-state index is 10.7. The molecule has 11 nitrogen and oxygen atoms in total. The van der Waals surface area contributed by atoms with Crippen LogP contribution in [0, 0.1) is 9.49 Å². The lowest BCUT2D eigenvalue weighted by Gasteiger charge is -2.17. The van der Waals surface area contributed by atoms with Gasteiger partial charge in [0, 0.05) is 27.5 Å². The molecule has 0 spiro atoms. The summed E-state index contributed by atoms with van der Waals surface area (Å²) < 4.78 is 8.58. The monoisotopic (exact) mass is 522 g/mol. The van der Waals surface area contributed by atoms with Gasteiger partial charge in [-0.05, 0) is 45.8 Å². The molecule has 1 aromatic carbocycles. The lowest BCUT2D eigenvalue weighted by Crippen LogP contribution is -2.30. The Balaban J connectivity index is 1.59. The number of hydrogen-bond acceptors (Lipinski definition) is 8. The molecule has 0 aliphatic carbocycles. The minimum absolute atomic E-state index is 0.0175. The summed E-state index contributed by atoms with van der Waals surface area (Å²) in [5.41, 5.74) is 10.7. The molecule has 2 aromatic heterocycles. The fraction of sp³-hybridized carbons (Fsp3) is 0.389. The van der Waals surface area contributed by atoms with Crippen LogP contribution in [0.15, 0.2) is 42.0 Å². The summed E-state index contributed by atoms with van der Waals surface area (Å²) in [5, 5.41) is 27.1. The molecule has 156 valence electrons. The fourth-order valence-corrected chi connectivity index (χ4v) is 4.16. The molecule has 4 atom stereocenters. The zero-order valence-electron chi connectivity index (χ0n) is 15.7. The standard InChI is InChI=1S/C18H19IN8O3/c19-11-3-1-2-10(4-11)5-21-16-14-17(23-8-22-16)27(9-24-14)18-15(29)12(6-25-26-20)13(7-28)30-18/h1-4,8-9,12-13,15,18,28-29H,5-7H2,(H,21,22,23)/t12-,13-,15-,18-/m1/s1. The Morgan fingerprint density at radius 3 is 2.97 bits per heavy atom. The van der Waals surface area contributed by atoms with Crippen molar-refractivity contribution in [2.45, 2.75) is 25.0 Å². The van der Waals surface area contributed by atoms with Crippen LogP contribution < -0.4 is 5.32 Å². The Kier molecular flexibility index (Phi) is 6.29. The van der Waals surface area contributed by atoms with Gasteiger partial charge in [-0.3, -0.25) is 4.57 Å². The molecule has 0 amide bonds. The van der Waals surface area contributed by atoms with Gasteiger partial charge in [0.2, 0.25) is 0 Å². The predicted octanol–water partition coefficient (Wildman–Crippen LogP) is 2.22. The molecule has 3 heterocycles. The van der Waals surface area contributed by atoms with Gasteiger partial charge in [0.1, 0.15) is 12.4 Å². The van der Waals surface area contributed by atoms with Gasteiger partial charge in [0.05, 0.1) is 19.0 Å². The summed E-state index contributed by atoms with van der Waals surface area (Å²) in [6, 6.07) is 8.11. The third-order valence-corrected chi connectivity index (χ3v) is 5.71. The van der Waals surface area contributed by atoms with Gasteiger partial charge >= 0.3 is 0 Å². The molecule has 4 rings (SSSR count). The van der Waals surface area contributed by atoms with Crippen LogP contribution in [-0.4, -0.2) is 55.1 Å². The van der Waals surface area contributed by atoms with Gasteiger partial charge in [-0.25, -0.2) is 15.0 Å². The molecule has 0 radical (unpaired) electrons. The number of benzene rings is 1. The zero-order chi connectivity index (χ0) is 21.1. The molecule has 3 aromatic rings. The lowest BCUT2D eigenvalue weighted by atomic mass is 9.98. The van der Waals surface area contributed by atoms with Crippen LogP contribution in [0.3, 0.4) is 0 Å². The molecule has 1 aliphatic rings. The second-order valence-electron chi connectivity index (χ2n) is 6.85. The van der Waals surface area contributed by atoms with Crippen molar-refractivity contribution in [3.05, 3.63) is 56.5 Å². The maximum absolute atomic E-state index is 10.7. The number of azide groups is 1. The molecule has 1 fully saturated rings. The number of ether oxygens (including phenoxy) is 1. The topological polar surface area (TPSA) is 154 Å². The predicted molar refractivity (Wildman–Crippen MR) is 116 cm³/mol. The van der Waals surface area contributed by atoms with Crippen LogP contribution in [0.2, 0.25) is 0 Å². The van der Waals surface area contributed by atoms with Gasteiger partial charge < -0.3 is 20.3 Å². The van der Waals surface area contributed by atoms with Crippen molar-refractivity contribution in [2.75, 3.05) is 18.5 Å². The van der Waals surface area contributed by atoms with Gasteiger partial charge in [0.15, 0.2) is 23.2 Å². The van der Waals surface area contributed by atoms with Crippen LogP contribution in [0.5, 0.6) is 0 Å². The van der Waals surface area contributed by atoms with Crippen molar-refractivity contribution < 1.29 is 14.9 Å². The van der Waals surface area contributed by atoms with Crippen molar-refractivity contribution in [3.8, 4) is 0 Å². The normalized spacial score (nSPS) is 23.4. The van der Waals surface area contributed by atoms with Crippen LogP contribution in [0.1, 0.15) is 11.8 Å². The molecule has 0 bridgehead atoms. The van der Waals surface area contributed by atoms with E-state index in [1.807, 2.05) is 18.2 Å². The largest absolute Gasteiger partial charge is 0.394 e. The summed E-state index contributed by atoms with van der Waals surface area (Å²) in [6.07, 6.45) is 0.467. The quantitative estimate of drug-likeness (QED) is 0.186. The number of imidazole rings is 1. The van der Waals surface area contributed by atoms with Crippen molar-refractivity contribution >= 4 is 39.6 Å². The number of aliphatic hydroxyl groups is 2. The Morgan fingerprint density at radius 1 is 1.33 bits per heavy atom. The molecule has 0 unspecified atom stereocenters. The number of nitrogens with zero attached hydrogens (tertiary/aromatic N) is 7. The number of aromatic nitrogens is 4. The van der Waals surface area contributed by atoms with Crippen LogP contribution in [0.25, 0.3) is 21.6 Å². The highest BCUT2D eigenvalue weighted by Crippen LogP contribution is 2.36. The van der Waals surface area contributed by atoms with E-state index in [-0.39, 0.29) is 13.2 Å². The van der Waals surface area contributed by atoms with Crippen molar-refractivity contribution in [1.29, 1.82) is 0 Å². The molecular formula is C18H19IN8O3. The third kappa shape index (κ3) is 4.04. The van der Waals surface area contributed by atoms with E-state index in [0.29, 0.717) is 23.5 Å². The number of anilines is 1. The average molecular weight is 522 g/mol. The number of nitrogens with one attached hydrogen (secondary N) is 1. The van der Waals surface area contributed by atoms with Crippen LogP contribution in [0.4, 0.5) is 5.82 Å². The van der Waals surface area contributed by atoms with E-state index in [4.69, 9.17) is 10.3 Å². The molecule has 12 heteroatoms. The Labute approximate surface area is 184 Å². The van der Waals surface area contributed by atoms with Crippen molar-refractivity contribution in [1.82, 2.24) is 19.5 Å². The van der Waals surface area contributed by atoms with E-state index in [9.17, 15) is 10.2 Å². The molecule has 30 heavy (non-hydrogen) atoms. The number of fused-ring (bicyclic) bond motifs is 1. The van der Waals surface area contributed by atoms with Gasteiger partial charge in [-0.15, -0.1) is 0 Å². The summed E-state index contributed by atoms with van der Waals surface area (Å²) in [4.78, 5) is 15.7. The first kappa shape index (κ1) is 20.8. The van der Waals surface area contributed by atoms with Gasteiger partial charge in [0.25, 0.3) is 0 Å². The molecule has 1 aliphatic heterocycles. The Morgan fingerprint density at radius 2 is 2.20 bits per heavy atom. The molecule has 3 N–H and O–H groups in total. The minimum atomic E-state index is -0.997. The SMILES string of the molecule is [N-]=[N+]=NC[C@H]1[C@@H](O)[C@H](n2cnc3c(NCc4cccc(I)c4)ncnc32)O[C@@H]1CO. The first-order chi connectivity index (χ1) is 14.6. The van der Waals surface area contributed by atoms with Crippen LogP contribution in [-0.2, 0) is 11.3 Å². The highest BCUT2D eigenvalue weighted by atomic mass is 127. The number of hydrogen-bond donors (Lipinski definition) is 3. The second-order valence-corrected chi connectivity index (χ2v) is 8.09. The zero-order valence-corrected chi connectivity index (χ0v) is 17.9. The maximum Gasteiger partial charge on any atom is 0.167 e. The van der Waals surface area contributed by atoms with E-state index in [2.05, 4.69) is 59.0 Å². The average Bonchev–Trinajstić information content (AvgIpc) is 3.31. The number of aliphatic hydroxyl groups excluding tert-OH is 2. The van der Waals surface area contributed by atoms with Crippen molar-refractivity contribution in [3.63, 3.8) is 0 Å². The highest BCUT2D eigenvalue weighted by molar-refractivity contribution is 14.1. The fourth-order valence-electron chi connectivity index (χ4n) is 3.56. The Bertz CT molecular complexity index is 1090. The Hall–Kier alpha value is -2.51. The first-order valence-corrected chi connectivity index (χ1v) is 10.3.